The number of aromatic nitrogens is 3. The number of aliphatic hydroxyl groups excluding tert-OH is 1. The van der Waals surface area contributed by atoms with Gasteiger partial charge in [-0.1, -0.05) is 32.9 Å². The van der Waals surface area contributed by atoms with E-state index in [1.54, 1.807) is 0 Å². The van der Waals surface area contributed by atoms with E-state index in [9.17, 15) is 5.11 Å². The Hall–Kier alpha value is -2.45. The van der Waals surface area contributed by atoms with Gasteiger partial charge in [0.25, 0.3) is 0 Å². The Kier molecular flexibility index (Phi) is 6.54. The molecule has 1 saturated heterocycles. The molecule has 8 heteroatoms. The summed E-state index contributed by atoms with van der Waals surface area (Å²) in [5, 5.41) is 19.6. The highest BCUT2D eigenvalue weighted by Crippen LogP contribution is 2.24. The van der Waals surface area contributed by atoms with Gasteiger partial charge in [-0.25, -0.2) is 0 Å². The Bertz CT molecular complexity index is 828. The summed E-state index contributed by atoms with van der Waals surface area (Å²) in [5.41, 5.74) is 2.89. The lowest BCUT2D eigenvalue weighted by Gasteiger charge is -2.27. The van der Waals surface area contributed by atoms with Crippen LogP contribution in [0.5, 0.6) is 0 Å². The molecule has 0 aliphatic carbocycles. The van der Waals surface area contributed by atoms with Crippen LogP contribution in [-0.2, 0) is 6.61 Å². The summed E-state index contributed by atoms with van der Waals surface area (Å²) in [4.78, 5) is 16.0. The van der Waals surface area contributed by atoms with Crippen molar-refractivity contribution in [2.45, 2.75) is 46.8 Å². The minimum absolute atomic E-state index is 0.00673. The average molecular weight is 400 g/mol. The van der Waals surface area contributed by atoms with Gasteiger partial charge in [0, 0.05) is 31.9 Å². The van der Waals surface area contributed by atoms with Crippen molar-refractivity contribution < 1.29 is 5.11 Å². The van der Waals surface area contributed by atoms with E-state index in [-0.39, 0.29) is 12.0 Å². The van der Waals surface area contributed by atoms with Gasteiger partial charge in [-0.15, -0.1) is 0 Å². The van der Waals surface area contributed by atoms with E-state index < -0.39 is 0 Å². The highest BCUT2D eigenvalue weighted by atomic mass is 16.3. The molecule has 1 aliphatic heterocycles. The fourth-order valence-electron chi connectivity index (χ4n) is 3.42. The van der Waals surface area contributed by atoms with Crippen molar-refractivity contribution in [1.29, 1.82) is 0 Å². The van der Waals surface area contributed by atoms with Crippen LogP contribution >= 0.6 is 0 Å². The van der Waals surface area contributed by atoms with Crippen LogP contribution < -0.4 is 20.9 Å². The van der Waals surface area contributed by atoms with Gasteiger partial charge in [-0.2, -0.15) is 15.0 Å². The molecule has 1 aromatic heterocycles. The summed E-state index contributed by atoms with van der Waals surface area (Å²) >= 11 is 0. The second-order valence-corrected chi connectivity index (χ2v) is 8.97. The van der Waals surface area contributed by atoms with Crippen molar-refractivity contribution in [1.82, 2.24) is 20.3 Å². The molecule has 158 valence electrons. The summed E-state index contributed by atoms with van der Waals surface area (Å²) in [6, 6.07) is 6.12. The maximum atomic E-state index is 9.46. The Balaban J connectivity index is 1.90. The van der Waals surface area contributed by atoms with Crippen LogP contribution in [0.4, 0.5) is 23.5 Å². The van der Waals surface area contributed by atoms with Gasteiger partial charge in [-0.05, 0) is 42.5 Å². The molecular weight excluding hydrogens is 366 g/mol. The van der Waals surface area contributed by atoms with Crippen molar-refractivity contribution in [2.75, 3.05) is 42.2 Å². The van der Waals surface area contributed by atoms with Gasteiger partial charge >= 0.3 is 0 Å². The van der Waals surface area contributed by atoms with Gasteiger partial charge in [0.1, 0.15) is 0 Å². The Morgan fingerprint density at radius 2 is 1.97 bits per heavy atom. The lowest BCUT2D eigenvalue weighted by molar-refractivity contribution is 0.282. The third-order valence-electron chi connectivity index (χ3n) is 4.80. The highest BCUT2D eigenvalue weighted by molar-refractivity contribution is 5.61. The summed E-state index contributed by atoms with van der Waals surface area (Å²) < 4.78 is 0. The number of nitrogens with one attached hydrogen (secondary N) is 3. The van der Waals surface area contributed by atoms with Crippen LogP contribution in [0.25, 0.3) is 0 Å². The standard InChI is InChI=1S/C21H33N7O/c1-14-6-7-15(12-29)10-17(14)24-19-25-18(23-16-8-9-22-11-16)26-20(27-19)28(5)13-21(2,3)4/h6-7,10,16,22,29H,8-9,11-13H2,1-5H3,(H2,23,24,25,26,27)/t16-/m0/s1. The SMILES string of the molecule is Cc1ccc(CO)cc1Nc1nc(N[C@H]2CCNC2)nc(N(C)CC(C)(C)C)n1. The van der Waals surface area contributed by atoms with Crippen molar-refractivity contribution in [3.63, 3.8) is 0 Å². The first-order chi connectivity index (χ1) is 13.7. The summed E-state index contributed by atoms with van der Waals surface area (Å²) in [6.45, 7) is 11.3. The topological polar surface area (TPSA) is 98.2 Å². The van der Waals surface area contributed by atoms with Crippen molar-refractivity contribution in [3.05, 3.63) is 29.3 Å². The summed E-state index contributed by atoms with van der Waals surface area (Å²) in [5.74, 6) is 1.69. The Morgan fingerprint density at radius 1 is 1.21 bits per heavy atom. The molecule has 2 aromatic rings. The first kappa shape index (κ1) is 21.3. The number of nitrogens with zero attached hydrogens (tertiary/aromatic N) is 4. The minimum atomic E-state index is -0.00673. The summed E-state index contributed by atoms with van der Waals surface area (Å²) in [7, 11) is 2.00. The number of aliphatic hydroxyl groups is 1. The summed E-state index contributed by atoms with van der Waals surface area (Å²) in [6.07, 6.45) is 1.04. The van der Waals surface area contributed by atoms with Gasteiger partial charge in [0.2, 0.25) is 17.8 Å². The smallest absolute Gasteiger partial charge is 0.233 e. The molecule has 4 N–H and O–H groups in total. The first-order valence-corrected chi connectivity index (χ1v) is 10.2. The van der Waals surface area contributed by atoms with Gasteiger partial charge < -0.3 is 26.0 Å². The first-order valence-electron chi connectivity index (χ1n) is 10.2. The van der Waals surface area contributed by atoms with Crippen molar-refractivity contribution in [2.24, 2.45) is 5.41 Å². The number of hydrogen-bond acceptors (Lipinski definition) is 8. The molecule has 3 rings (SSSR count). The van der Waals surface area contributed by atoms with E-state index in [4.69, 9.17) is 0 Å². The minimum Gasteiger partial charge on any atom is -0.392 e. The third-order valence-corrected chi connectivity index (χ3v) is 4.80. The average Bonchev–Trinajstić information content (AvgIpc) is 3.15. The van der Waals surface area contributed by atoms with Crippen LogP contribution in [0.15, 0.2) is 18.2 Å². The molecular formula is C21H33N7O. The lowest BCUT2D eigenvalue weighted by Crippen LogP contribution is -2.31. The molecule has 29 heavy (non-hydrogen) atoms. The van der Waals surface area contributed by atoms with Gasteiger partial charge in [0.15, 0.2) is 0 Å². The molecule has 1 fully saturated rings. The van der Waals surface area contributed by atoms with E-state index >= 15 is 0 Å². The molecule has 0 spiro atoms. The van der Waals surface area contributed by atoms with Crippen molar-refractivity contribution >= 4 is 23.5 Å². The molecule has 2 heterocycles. The normalized spacial score (nSPS) is 16.7. The zero-order chi connectivity index (χ0) is 21.0. The predicted octanol–water partition coefficient (Wildman–Crippen LogP) is 2.67. The van der Waals surface area contributed by atoms with Crippen LogP contribution in [0.2, 0.25) is 0 Å². The van der Waals surface area contributed by atoms with E-state index in [2.05, 4.69) is 56.6 Å². The molecule has 1 aliphatic rings. The van der Waals surface area contributed by atoms with Crippen molar-refractivity contribution in [3.8, 4) is 0 Å². The maximum Gasteiger partial charge on any atom is 0.233 e. The highest BCUT2D eigenvalue weighted by Gasteiger charge is 2.20. The molecule has 1 atom stereocenters. The van der Waals surface area contributed by atoms with Crippen LogP contribution in [0.1, 0.15) is 38.3 Å². The number of aryl methyl sites for hydroxylation is 1. The molecule has 0 amide bonds. The second kappa shape index (κ2) is 8.92. The second-order valence-electron chi connectivity index (χ2n) is 8.97. The molecule has 0 saturated carbocycles. The molecule has 0 radical (unpaired) electrons. The number of benzene rings is 1. The quantitative estimate of drug-likeness (QED) is 0.564. The molecule has 0 unspecified atom stereocenters. The fraction of sp³-hybridized carbons (Fsp3) is 0.571. The largest absolute Gasteiger partial charge is 0.392 e. The Labute approximate surface area is 173 Å². The van der Waals surface area contributed by atoms with Crippen LogP contribution in [0, 0.1) is 12.3 Å². The van der Waals surface area contributed by atoms with E-state index in [0.29, 0.717) is 23.9 Å². The lowest BCUT2D eigenvalue weighted by atomic mass is 9.96. The van der Waals surface area contributed by atoms with Gasteiger partial charge in [-0.3, -0.25) is 0 Å². The molecule has 0 bridgehead atoms. The predicted molar refractivity (Wildman–Crippen MR) is 118 cm³/mol. The zero-order valence-electron chi connectivity index (χ0n) is 18.1. The van der Waals surface area contributed by atoms with E-state index in [1.807, 2.05) is 32.2 Å². The maximum absolute atomic E-state index is 9.46. The zero-order valence-corrected chi connectivity index (χ0v) is 18.1. The third kappa shape index (κ3) is 6.01. The number of hydrogen-bond donors (Lipinski definition) is 4. The van der Waals surface area contributed by atoms with E-state index in [1.165, 1.54) is 0 Å². The monoisotopic (exact) mass is 399 g/mol. The molecule has 1 aromatic carbocycles. The van der Waals surface area contributed by atoms with Crippen LogP contribution in [0.3, 0.4) is 0 Å². The Morgan fingerprint density at radius 3 is 2.62 bits per heavy atom. The van der Waals surface area contributed by atoms with E-state index in [0.717, 1.165) is 42.9 Å². The van der Waals surface area contributed by atoms with Crippen LogP contribution in [-0.4, -0.2) is 52.8 Å². The number of anilines is 4. The van der Waals surface area contributed by atoms with Gasteiger partial charge in [0.05, 0.1) is 6.61 Å². The number of rotatable bonds is 7. The molecule has 8 nitrogen and oxygen atoms in total. The fourth-order valence-corrected chi connectivity index (χ4v) is 3.42.